The van der Waals surface area contributed by atoms with E-state index in [1.54, 1.807) is 13.0 Å². The molecule has 19 heavy (non-hydrogen) atoms. The van der Waals surface area contributed by atoms with Crippen LogP contribution in [0.2, 0.25) is 5.02 Å². The summed E-state index contributed by atoms with van der Waals surface area (Å²) < 4.78 is 28.0. The fourth-order valence-electron chi connectivity index (χ4n) is 1.58. The van der Waals surface area contributed by atoms with Crippen molar-refractivity contribution in [3.8, 4) is 0 Å². The van der Waals surface area contributed by atoms with Crippen LogP contribution in [0.4, 0.5) is 11.5 Å². The Bertz CT molecular complexity index is 706. The second kappa shape index (κ2) is 4.71. The summed E-state index contributed by atoms with van der Waals surface area (Å²) in [5, 5.41) is 3.71. The molecule has 0 spiro atoms. The quantitative estimate of drug-likeness (QED) is 0.885. The molecule has 2 rings (SSSR count). The Morgan fingerprint density at radius 3 is 2.63 bits per heavy atom. The van der Waals surface area contributed by atoms with Gasteiger partial charge in [-0.1, -0.05) is 11.6 Å². The molecule has 0 radical (unpaired) electrons. The number of rotatable bonds is 3. The van der Waals surface area contributed by atoms with Crippen LogP contribution in [0.15, 0.2) is 23.5 Å². The Labute approximate surface area is 115 Å². The number of nitrogens with two attached hydrogens (primary N) is 1. The summed E-state index contributed by atoms with van der Waals surface area (Å²) >= 11 is 5.82. The molecule has 0 aliphatic heterocycles. The van der Waals surface area contributed by atoms with E-state index in [0.717, 1.165) is 0 Å². The molecule has 0 fully saturated rings. The number of aryl methyl sites for hydroxylation is 2. The lowest BCUT2D eigenvalue weighted by atomic mass is 10.3. The molecule has 2 heterocycles. The lowest BCUT2D eigenvalue weighted by Gasteiger charge is -2.10. The van der Waals surface area contributed by atoms with Crippen LogP contribution in [0, 0.1) is 6.92 Å². The molecule has 3 N–H and O–H groups in total. The number of anilines is 2. The van der Waals surface area contributed by atoms with Crippen molar-refractivity contribution in [1.29, 1.82) is 0 Å². The van der Waals surface area contributed by atoms with Crippen molar-refractivity contribution < 1.29 is 8.42 Å². The molecule has 0 unspecified atom stereocenters. The summed E-state index contributed by atoms with van der Waals surface area (Å²) in [6.07, 6.45) is 2.63. The van der Waals surface area contributed by atoms with Crippen molar-refractivity contribution in [2.75, 3.05) is 10.5 Å². The van der Waals surface area contributed by atoms with Crippen LogP contribution < -0.4 is 10.5 Å². The number of nitrogens with one attached hydrogen (secondary N) is 1. The summed E-state index contributed by atoms with van der Waals surface area (Å²) in [5.41, 5.74) is 6.63. The average Bonchev–Trinajstić information content (AvgIpc) is 2.63. The van der Waals surface area contributed by atoms with E-state index in [4.69, 9.17) is 17.3 Å². The maximum absolute atomic E-state index is 12.2. The smallest absolute Gasteiger partial charge is 0.281 e. The Morgan fingerprint density at radius 2 is 2.11 bits per heavy atom. The first-order valence-electron chi connectivity index (χ1n) is 5.23. The van der Waals surface area contributed by atoms with E-state index in [9.17, 15) is 8.42 Å². The molecule has 0 saturated carbocycles. The molecule has 0 saturated heterocycles. The lowest BCUT2D eigenvalue weighted by molar-refractivity contribution is 0.582. The molecular formula is C10H12ClN5O2S. The van der Waals surface area contributed by atoms with Crippen molar-refractivity contribution in [2.24, 2.45) is 7.05 Å². The molecule has 0 bridgehead atoms. The van der Waals surface area contributed by atoms with E-state index in [-0.39, 0.29) is 15.9 Å². The second-order valence-corrected chi connectivity index (χ2v) is 5.97. The van der Waals surface area contributed by atoms with Crippen LogP contribution in [-0.2, 0) is 17.1 Å². The van der Waals surface area contributed by atoms with Crippen LogP contribution in [0.3, 0.4) is 0 Å². The van der Waals surface area contributed by atoms with Gasteiger partial charge in [0.25, 0.3) is 10.0 Å². The topological polar surface area (TPSA) is 103 Å². The number of nitrogen functional groups attached to an aromatic ring is 1. The summed E-state index contributed by atoms with van der Waals surface area (Å²) in [4.78, 5) is 3.94. The van der Waals surface area contributed by atoms with Crippen LogP contribution >= 0.6 is 11.6 Å². The molecular weight excluding hydrogens is 290 g/mol. The molecule has 0 aliphatic rings. The highest BCUT2D eigenvalue weighted by Gasteiger charge is 2.23. The molecule has 2 aromatic rings. The standard InChI is InChI=1S/C10H12ClN5O2S/c1-6-3-7(12)4-13-9(6)15-19(17,18)10-8(11)5-14-16(10)2/h3-5H,12H2,1-2H3,(H,13,15). The third-order valence-corrected chi connectivity index (χ3v) is 4.27. The predicted molar refractivity (Wildman–Crippen MR) is 72.4 cm³/mol. The first-order chi connectivity index (χ1) is 8.81. The van der Waals surface area contributed by atoms with Gasteiger partial charge in [0.1, 0.15) is 5.82 Å². The molecule has 7 nitrogen and oxygen atoms in total. The van der Waals surface area contributed by atoms with E-state index in [0.29, 0.717) is 11.3 Å². The normalized spacial score (nSPS) is 11.5. The first-order valence-corrected chi connectivity index (χ1v) is 7.10. The van der Waals surface area contributed by atoms with Gasteiger partial charge < -0.3 is 5.73 Å². The average molecular weight is 302 g/mol. The van der Waals surface area contributed by atoms with E-state index in [1.165, 1.54) is 24.1 Å². The number of sulfonamides is 1. The fraction of sp³-hybridized carbons (Fsp3) is 0.200. The van der Waals surface area contributed by atoms with Crippen molar-refractivity contribution in [2.45, 2.75) is 11.9 Å². The van der Waals surface area contributed by atoms with Crippen LogP contribution in [0.5, 0.6) is 0 Å². The number of nitrogens with zero attached hydrogens (tertiary/aromatic N) is 3. The number of hydrogen-bond acceptors (Lipinski definition) is 5. The molecule has 102 valence electrons. The minimum Gasteiger partial charge on any atom is -0.397 e. The van der Waals surface area contributed by atoms with Gasteiger partial charge in [0, 0.05) is 7.05 Å². The SMILES string of the molecule is Cc1cc(N)cnc1NS(=O)(=O)c1c(Cl)cnn1C. The maximum Gasteiger partial charge on any atom is 0.281 e. The Hall–Kier alpha value is -1.80. The van der Waals surface area contributed by atoms with E-state index in [2.05, 4.69) is 14.8 Å². The predicted octanol–water partition coefficient (Wildman–Crippen LogP) is 1.16. The van der Waals surface area contributed by atoms with Gasteiger partial charge in [-0.15, -0.1) is 0 Å². The van der Waals surface area contributed by atoms with Gasteiger partial charge in [-0.25, -0.2) is 4.98 Å². The van der Waals surface area contributed by atoms with Crippen molar-refractivity contribution in [1.82, 2.24) is 14.8 Å². The Balaban J connectivity index is 2.42. The van der Waals surface area contributed by atoms with E-state index >= 15 is 0 Å². The molecule has 0 atom stereocenters. The van der Waals surface area contributed by atoms with Gasteiger partial charge >= 0.3 is 0 Å². The number of pyridine rings is 1. The van der Waals surface area contributed by atoms with Gasteiger partial charge in [-0.05, 0) is 18.6 Å². The number of halogens is 1. The zero-order valence-corrected chi connectivity index (χ0v) is 11.8. The third-order valence-electron chi connectivity index (χ3n) is 2.43. The minimum atomic E-state index is -3.85. The van der Waals surface area contributed by atoms with Gasteiger partial charge in [0.05, 0.1) is 23.1 Å². The van der Waals surface area contributed by atoms with Gasteiger partial charge in [-0.3, -0.25) is 9.40 Å². The van der Waals surface area contributed by atoms with Crippen LogP contribution in [0.1, 0.15) is 5.56 Å². The Morgan fingerprint density at radius 1 is 1.42 bits per heavy atom. The fourth-order valence-corrected chi connectivity index (χ4v) is 3.32. The van der Waals surface area contributed by atoms with Gasteiger partial charge in [-0.2, -0.15) is 13.5 Å². The maximum atomic E-state index is 12.2. The number of aromatic nitrogens is 3. The molecule has 0 aliphatic carbocycles. The highest BCUT2D eigenvalue weighted by molar-refractivity contribution is 7.92. The van der Waals surface area contributed by atoms with E-state index < -0.39 is 10.0 Å². The zero-order chi connectivity index (χ0) is 14.2. The van der Waals surface area contributed by atoms with Gasteiger partial charge in [0.15, 0.2) is 5.03 Å². The lowest BCUT2D eigenvalue weighted by Crippen LogP contribution is -2.18. The van der Waals surface area contributed by atoms with Crippen molar-refractivity contribution in [3.05, 3.63) is 29.0 Å². The molecule has 2 aromatic heterocycles. The minimum absolute atomic E-state index is 0.0445. The molecule has 0 aromatic carbocycles. The molecule has 0 amide bonds. The summed E-state index contributed by atoms with van der Waals surface area (Å²) in [7, 11) is -2.36. The van der Waals surface area contributed by atoms with Crippen LogP contribution in [0.25, 0.3) is 0 Å². The van der Waals surface area contributed by atoms with Crippen molar-refractivity contribution in [3.63, 3.8) is 0 Å². The summed E-state index contributed by atoms with van der Waals surface area (Å²) in [6, 6.07) is 1.62. The highest BCUT2D eigenvalue weighted by Crippen LogP contribution is 2.23. The van der Waals surface area contributed by atoms with Crippen molar-refractivity contribution >= 4 is 33.1 Å². The monoisotopic (exact) mass is 301 g/mol. The summed E-state index contributed by atoms with van der Waals surface area (Å²) in [6.45, 7) is 1.70. The first kappa shape index (κ1) is 13.6. The summed E-state index contributed by atoms with van der Waals surface area (Å²) in [5.74, 6) is 0.200. The second-order valence-electron chi connectivity index (χ2n) is 3.96. The Kier molecular flexibility index (Phi) is 3.38. The highest BCUT2D eigenvalue weighted by atomic mass is 35.5. The number of hydrogen-bond donors (Lipinski definition) is 2. The van der Waals surface area contributed by atoms with E-state index in [1.807, 2.05) is 0 Å². The zero-order valence-electron chi connectivity index (χ0n) is 10.3. The molecule has 9 heteroatoms. The van der Waals surface area contributed by atoms with Gasteiger partial charge in [0.2, 0.25) is 0 Å². The third kappa shape index (κ3) is 2.64. The van der Waals surface area contributed by atoms with Crippen LogP contribution in [-0.4, -0.2) is 23.2 Å². The largest absolute Gasteiger partial charge is 0.397 e.